The predicted octanol–water partition coefficient (Wildman–Crippen LogP) is 6.49. The van der Waals surface area contributed by atoms with E-state index >= 15 is 0 Å². The molecule has 42 heavy (non-hydrogen) atoms. The molecule has 1 heterocycles. The first-order valence-electron chi connectivity index (χ1n) is 12.2. The highest BCUT2D eigenvalue weighted by Gasteiger charge is 2.36. The molecule has 7 nitrogen and oxygen atoms in total. The molecule has 0 radical (unpaired) electrons. The number of fused-ring (bicyclic) bond motifs is 1. The summed E-state index contributed by atoms with van der Waals surface area (Å²) in [6.07, 6.45) is -3.48. The Hall–Kier alpha value is -4.76. The van der Waals surface area contributed by atoms with Gasteiger partial charge in [-0.25, -0.2) is 13.6 Å². The Morgan fingerprint density at radius 2 is 1.74 bits per heavy atom. The van der Waals surface area contributed by atoms with Gasteiger partial charge in [0.25, 0.3) is 5.91 Å². The van der Waals surface area contributed by atoms with E-state index in [4.69, 9.17) is 16.9 Å². The van der Waals surface area contributed by atoms with Crippen molar-refractivity contribution in [3.8, 4) is 17.2 Å². The highest BCUT2D eigenvalue weighted by molar-refractivity contribution is 6.33. The van der Waals surface area contributed by atoms with Crippen LogP contribution in [0.2, 0.25) is 5.02 Å². The third-order valence-electron chi connectivity index (χ3n) is 6.42. The third kappa shape index (κ3) is 6.42. The van der Waals surface area contributed by atoms with Crippen LogP contribution < -0.4 is 10.6 Å². The number of carbonyl (C=O) groups is 2. The molecule has 0 saturated carbocycles. The Bertz CT molecular complexity index is 1720. The molecule has 1 amide bonds. The van der Waals surface area contributed by atoms with E-state index in [-0.39, 0.29) is 6.42 Å². The molecule has 3 aromatic carbocycles. The number of rotatable bonds is 8. The van der Waals surface area contributed by atoms with Crippen LogP contribution in [-0.4, -0.2) is 40.2 Å². The van der Waals surface area contributed by atoms with E-state index in [1.807, 2.05) is 11.4 Å². The molecular formula is C29H20ClF5N4O3. The zero-order valence-electron chi connectivity index (χ0n) is 21.6. The van der Waals surface area contributed by atoms with Crippen LogP contribution in [0.3, 0.4) is 0 Å². The summed E-state index contributed by atoms with van der Waals surface area (Å²) in [5, 5.41) is 23.7. The number of pyridine rings is 1. The highest BCUT2D eigenvalue weighted by Crippen LogP contribution is 2.35. The second-order valence-corrected chi connectivity index (χ2v) is 9.68. The van der Waals surface area contributed by atoms with Crippen molar-refractivity contribution < 1.29 is 36.6 Å². The van der Waals surface area contributed by atoms with E-state index in [9.17, 15) is 36.6 Å². The van der Waals surface area contributed by atoms with Gasteiger partial charge in [0.05, 0.1) is 17.1 Å². The molecular weight excluding hydrogens is 583 g/mol. The summed E-state index contributed by atoms with van der Waals surface area (Å²) in [7, 11) is 0. The molecule has 0 spiro atoms. The number of benzene rings is 3. The number of nitriles is 1. The number of aliphatic carboxylic acids is 1. The largest absolute Gasteiger partial charge is 0.480 e. The maximum absolute atomic E-state index is 14.7. The number of hydrogen-bond acceptors (Lipinski definition) is 5. The standard InChI is InChI=1S/C29H20ClF5N4O3/c1-14(29(33,34)35)38-17-11-22(31)25(23(32)12-17)27(40)39-24(28(41)42)10-16-5-7-20(26-18(16)3-2-8-37-26)19-6-4-15(13-36)9-21(19)30/h2-9,11-12,14,24,38H,10H2,1H3,(H,39,40)(H,41,42)/t14?,24-/m0/s1. The summed E-state index contributed by atoms with van der Waals surface area (Å²) in [5.41, 5.74) is 0.699. The molecule has 13 heteroatoms. The van der Waals surface area contributed by atoms with E-state index in [0.29, 0.717) is 50.3 Å². The van der Waals surface area contributed by atoms with Crippen molar-refractivity contribution in [2.75, 3.05) is 5.32 Å². The van der Waals surface area contributed by atoms with Gasteiger partial charge >= 0.3 is 12.1 Å². The van der Waals surface area contributed by atoms with Gasteiger partial charge < -0.3 is 15.7 Å². The first-order chi connectivity index (χ1) is 19.8. The van der Waals surface area contributed by atoms with E-state index in [2.05, 4.69) is 10.3 Å². The molecule has 0 aliphatic heterocycles. The number of nitrogens with one attached hydrogen (secondary N) is 2. The average molecular weight is 603 g/mol. The molecule has 0 aliphatic rings. The maximum Gasteiger partial charge on any atom is 0.408 e. The Balaban J connectivity index is 1.62. The summed E-state index contributed by atoms with van der Waals surface area (Å²) in [5.74, 6) is -5.87. The van der Waals surface area contributed by atoms with Gasteiger partial charge in [-0.15, -0.1) is 0 Å². The number of halogens is 6. The summed E-state index contributed by atoms with van der Waals surface area (Å²) in [6, 6.07) is 10.5. The summed E-state index contributed by atoms with van der Waals surface area (Å²) < 4.78 is 67.8. The minimum atomic E-state index is -4.69. The molecule has 216 valence electrons. The van der Waals surface area contributed by atoms with Crippen molar-refractivity contribution in [2.45, 2.75) is 31.6 Å². The zero-order chi connectivity index (χ0) is 30.8. The molecule has 0 aliphatic carbocycles. The minimum absolute atomic E-state index is 0.294. The number of amides is 1. The first-order valence-corrected chi connectivity index (χ1v) is 12.6. The number of aromatic nitrogens is 1. The second-order valence-electron chi connectivity index (χ2n) is 9.27. The molecule has 0 fully saturated rings. The molecule has 0 saturated heterocycles. The fourth-order valence-electron chi connectivity index (χ4n) is 4.29. The lowest BCUT2D eigenvalue weighted by atomic mass is 9.94. The van der Waals surface area contributed by atoms with E-state index in [1.54, 1.807) is 36.4 Å². The number of anilines is 1. The molecule has 4 aromatic rings. The summed E-state index contributed by atoms with van der Waals surface area (Å²) >= 11 is 6.38. The van der Waals surface area contributed by atoms with Gasteiger partial charge in [-0.05, 0) is 42.8 Å². The maximum atomic E-state index is 14.7. The minimum Gasteiger partial charge on any atom is -0.480 e. The normalized spacial score (nSPS) is 12.8. The van der Waals surface area contributed by atoms with Gasteiger partial charge in [0.1, 0.15) is 29.3 Å². The predicted molar refractivity (Wildman–Crippen MR) is 145 cm³/mol. The van der Waals surface area contributed by atoms with Gasteiger partial charge in [0.2, 0.25) is 0 Å². The molecule has 0 bridgehead atoms. The molecule has 1 aromatic heterocycles. The molecule has 4 rings (SSSR count). The Kier molecular flexibility index (Phi) is 8.63. The number of alkyl halides is 3. The second kappa shape index (κ2) is 12.0. The molecule has 2 atom stereocenters. The number of hydrogen-bond donors (Lipinski definition) is 3. The zero-order valence-corrected chi connectivity index (χ0v) is 22.3. The van der Waals surface area contributed by atoms with Crippen molar-refractivity contribution in [3.05, 3.63) is 94.1 Å². The van der Waals surface area contributed by atoms with E-state index in [0.717, 1.165) is 6.92 Å². The van der Waals surface area contributed by atoms with Gasteiger partial charge in [0, 0.05) is 39.8 Å². The van der Waals surface area contributed by atoms with E-state index < -0.39 is 53.0 Å². The lowest BCUT2D eigenvalue weighted by molar-refractivity contribution is -0.139. The van der Waals surface area contributed by atoms with Crippen LogP contribution in [0, 0.1) is 23.0 Å². The molecule has 3 N–H and O–H groups in total. The number of nitrogens with zero attached hydrogens (tertiary/aromatic N) is 2. The van der Waals surface area contributed by atoms with Crippen LogP contribution >= 0.6 is 11.6 Å². The Labute approximate surface area is 240 Å². The number of carboxylic acids is 1. The van der Waals surface area contributed by atoms with Gasteiger partial charge in [-0.1, -0.05) is 35.9 Å². The van der Waals surface area contributed by atoms with Crippen molar-refractivity contribution in [3.63, 3.8) is 0 Å². The topological polar surface area (TPSA) is 115 Å². The van der Waals surface area contributed by atoms with Crippen LogP contribution in [0.5, 0.6) is 0 Å². The molecule has 1 unspecified atom stereocenters. The summed E-state index contributed by atoms with van der Waals surface area (Å²) in [4.78, 5) is 29.2. The van der Waals surface area contributed by atoms with Crippen LogP contribution in [0.1, 0.15) is 28.4 Å². The van der Waals surface area contributed by atoms with Gasteiger partial charge in [0.15, 0.2) is 0 Å². The van der Waals surface area contributed by atoms with Gasteiger partial charge in [-0.2, -0.15) is 18.4 Å². The summed E-state index contributed by atoms with van der Waals surface area (Å²) in [6.45, 7) is 0.749. The van der Waals surface area contributed by atoms with Crippen molar-refractivity contribution in [1.82, 2.24) is 10.3 Å². The SMILES string of the molecule is CC(Nc1cc(F)c(C(=O)N[C@@H](Cc2ccc(-c3ccc(C#N)cc3Cl)c3ncccc23)C(=O)O)c(F)c1)C(F)(F)F. The average Bonchev–Trinajstić information content (AvgIpc) is 2.92. The monoisotopic (exact) mass is 602 g/mol. The van der Waals surface area contributed by atoms with E-state index in [1.165, 1.54) is 12.3 Å². The third-order valence-corrected chi connectivity index (χ3v) is 6.73. The van der Waals surface area contributed by atoms with Crippen molar-refractivity contribution in [1.29, 1.82) is 5.26 Å². The van der Waals surface area contributed by atoms with Gasteiger partial charge in [-0.3, -0.25) is 9.78 Å². The fraction of sp³-hybridized carbons (Fsp3) is 0.172. The van der Waals surface area contributed by atoms with Crippen molar-refractivity contribution in [2.24, 2.45) is 0 Å². The fourth-order valence-corrected chi connectivity index (χ4v) is 4.57. The lowest BCUT2D eigenvalue weighted by Crippen LogP contribution is -2.43. The highest BCUT2D eigenvalue weighted by atomic mass is 35.5. The number of carboxylic acid groups (broad SMARTS) is 1. The Morgan fingerprint density at radius 1 is 1.07 bits per heavy atom. The van der Waals surface area contributed by atoms with Crippen LogP contribution in [-0.2, 0) is 11.2 Å². The Morgan fingerprint density at radius 3 is 2.33 bits per heavy atom. The smallest absolute Gasteiger partial charge is 0.408 e. The van der Waals surface area contributed by atoms with Crippen LogP contribution in [0.15, 0.2) is 60.8 Å². The van der Waals surface area contributed by atoms with Crippen LogP contribution in [0.4, 0.5) is 27.6 Å². The van der Waals surface area contributed by atoms with Crippen molar-refractivity contribution >= 4 is 40.1 Å². The number of carbonyl (C=O) groups excluding carboxylic acids is 1. The van der Waals surface area contributed by atoms with Crippen LogP contribution in [0.25, 0.3) is 22.0 Å². The first kappa shape index (κ1) is 30.2. The lowest BCUT2D eigenvalue weighted by Gasteiger charge is -2.20. The quantitative estimate of drug-likeness (QED) is 0.199.